The molecule has 3 aliphatic heterocycles. The van der Waals surface area contributed by atoms with Crippen LogP contribution in [0.3, 0.4) is 0 Å². The van der Waals surface area contributed by atoms with Crippen LogP contribution in [0, 0.1) is 11.8 Å². The fraction of sp³-hybridized carbons (Fsp3) is 0.611. The Morgan fingerprint density at radius 2 is 1.96 bits per heavy atom. The second-order valence-electron chi connectivity index (χ2n) is 7.58. The summed E-state index contributed by atoms with van der Waals surface area (Å²) in [4.78, 5) is 10.3. The predicted octanol–water partition coefficient (Wildman–Crippen LogP) is 2.58. The van der Waals surface area contributed by atoms with Gasteiger partial charge in [-0.3, -0.25) is 0 Å². The van der Waals surface area contributed by atoms with Crippen molar-refractivity contribution in [2.45, 2.75) is 38.5 Å². The summed E-state index contributed by atoms with van der Waals surface area (Å²) in [5.74, 6) is 2.49. The summed E-state index contributed by atoms with van der Waals surface area (Å²) < 4.78 is 0. The molecule has 2 fully saturated rings. The number of nitrogens with zero attached hydrogens (tertiary/aromatic N) is 3. The number of likely N-dealkylation sites (tertiary alicyclic amines) is 1. The van der Waals surface area contributed by atoms with Crippen LogP contribution in [0.15, 0.2) is 23.0 Å². The second kappa shape index (κ2) is 5.93. The third-order valence-corrected chi connectivity index (χ3v) is 6.06. The van der Waals surface area contributed by atoms with Gasteiger partial charge in [-0.05, 0) is 63.6 Å². The van der Waals surface area contributed by atoms with Gasteiger partial charge in [0, 0.05) is 24.2 Å². The van der Waals surface area contributed by atoms with Crippen LogP contribution < -0.4 is 11.0 Å². The lowest BCUT2D eigenvalue weighted by molar-refractivity contribution is 0.211. The lowest BCUT2D eigenvalue weighted by atomic mass is 9.79. The number of hydrogen-bond donors (Lipinski definition) is 3. The highest BCUT2D eigenvalue weighted by atomic mass is 15.7. The van der Waals surface area contributed by atoms with Crippen LogP contribution in [0.1, 0.15) is 44.1 Å². The van der Waals surface area contributed by atoms with Crippen LogP contribution in [-0.2, 0) is 0 Å². The van der Waals surface area contributed by atoms with Gasteiger partial charge in [-0.1, -0.05) is 0 Å². The molecule has 4 aliphatic rings. The van der Waals surface area contributed by atoms with Crippen molar-refractivity contribution in [3.8, 4) is 0 Å². The summed E-state index contributed by atoms with van der Waals surface area (Å²) in [5, 5.41) is 2.02. The van der Waals surface area contributed by atoms with Crippen molar-refractivity contribution in [2.24, 2.45) is 16.8 Å². The zero-order valence-corrected chi connectivity index (χ0v) is 14.1. The maximum atomic E-state index is 4.45. The highest BCUT2D eigenvalue weighted by Crippen LogP contribution is 2.40. The average molecular weight is 326 g/mol. The summed E-state index contributed by atoms with van der Waals surface area (Å²) in [6.45, 7) is 3.97. The number of rotatable bonds is 3. The largest absolute Gasteiger partial charge is 0.346 e. The average Bonchev–Trinajstić information content (AvgIpc) is 3.35. The molecule has 0 unspecified atom stereocenters. The molecule has 24 heavy (non-hydrogen) atoms. The first kappa shape index (κ1) is 14.5. The topological polar surface area (TPSA) is 58.7 Å². The summed E-state index contributed by atoms with van der Waals surface area (Å²) >= 11 is 0. The van der Waals surface area contributed by atoms with E-state index in [9.17, 15) is 0 Å². The smallest absolute Gasteiger partial charge is 0.141 e. The van der Waals surface area contributed by atoms with Gasteiger partial charge in [0.1, 0.15) is 12.2 Å². The fourth-order valence-electron chi connectivity index (χ4n) is 4.76. The standard InChI is InChI=1S/C18H26N6/c1-2-10-23(9-1)11-13-3-5-14(6-4-13)16-17-15-7-8-19-18(15)20-12-24(17)22-21-16/h7-8,12-14,19,21-22H,1-6,9-11H2. The zero-order chi connectivity index (χ0) is 15.9. The zero-order valence-electron chi connectivity index (χ0n) is 14.1. The van der Waals surface area contributed by atoms with E-state index in [0.717, 1.165) is 11.7 Å². The van der Waals surface area contributed by atoms with Crippen LogP contribution in [0.4, 0.5) is 5.82 Å². The first-order chi connectivity index (χ1) is 11.9. The summed E-state index contributed by atoms with van der Waals surface area (Å²) in [6, 6.07) is 2.13. The lowest BCUT2D eigenvalue weighted by Crippen LogP contribution is -2.38. The van der Waals surface area contributed by atoms with Gasteiger partial charge in [0.25, 0.3) is 0 Å². The molecule has 0 aromatic carbocycles. The van der Waals surface area contributed by atoms with E-state index in [1.165, 1.54) is 75.1 Å². The molecule has 1 saturated heterocycles. The summed E-state index contributed by atoms with van der Waals surface area (Å²) in [5.41, 5.74) is 10.5. The van der Waals surface area contributed by atoms with Crippen LogP contribution in [0.2, 0.25) is 0 Å². The van der Waals surface area contributed by atoms with Gasteiger partial charge in [-0.15, -0.1) is 5.53 Å². The van der Waals surface area contributed by atoms with E-state index in [2.05, 4.69) is 31.9 Å². The predicted molar refractivity (Wildman–Crippen MR) is 95.1 cm³/mol. The molecule has 0 spiro atoms. The molecule has 1 aromatic rings. The maximum absolute atomic E-state index is 4.45. The fourth-order valence-corrected chi connectivity index (χ4v) is 4.76. The molecule has 0 amide bonds. The Balaban J connectivity index is 1.30. The minimum Gasteiger partial charge on any atom is -0.346 e. The number of hydrogen-bond acceptors (Lipinski definition) is 5. The molecule has 6 nitrogen and oxygen atoms in total. The van der Waals surface area contributed by atoms with Crippen LogP contribution in [0.25, 0.3) is 5.70 Å². The molecule has 5 rings (SSSR count). The first-order valence-corrected chi connectivity index (χ1v) is 9.38. The number of aliphatic imine (C=N–C) groups is 1. The number of aromatic amines is 1. The molecule has 0 atom stereocenters. The van der Waals surface area contributed by atoms with Crippen molar-refractivity contribution in [1.29, 1.82) is 0 Å². The monoisotopic (exact) mass is 326 g/mol. The Labute approximate surface area is 142 Å². The Bertz CT molecular complexity index is 661. The van der Waals surface area contributed by atoms with E-state index < -0.39 is 0 Å². The van der Waals surface area contributed by atoms with E-state index in [0.29, 0.717) is 5.92 Å². The quantitative estimate of drug-likeness (QED) is 0.799. The van der Waals surface area contributed by atoms with Crippen molar-refractivity contribution in [3.05, 3.63) is 23.5 Å². The molecule has 1 aliphatic carbocycles. The molecule has 4 heterocycles. The number of allylic oxidation sites excluding steroid dienone is 1. The van der Waals surface area contributed by atoms with Crippen molar-refractivity contribution in [3.63, 3.8) is 0 Å². The second-order valence-corrected chi connectivity index (χ2v) is 7.58. The molecule has 6 heteroatoms. The first-order valence-electron chi connectivity index (χ1n) is 9.38. The molecular weight excluding hydrogens is 300 g/mol. The number of hydrazine groups is 2. The van der Waals surface area contributed by atoms with Gasteiger partial charge >= 0.3 is 0 Å². The van der Waals surface area contributed by atoms with E-state index in [-0.39, 0.29) is 0 Å². The minimum absolute atomic E-state index is 0.626. The van der Waals surface area contributed by atoms with Crippen LogP contribution in [-0.4, -0.2) is 40.9 Å². The van der Waals surface area contributed by atoms with E-state index in [4.69, 9.17) is 0 Å². The Morgan fingerprint density at radius 1 is 1.12 bits per heavy atom. The Kier molecular flexibility index (Phi) is 3.60. The van der Waals surface area contributed by atoms with Crippen molar-refractivity contribution in [2.75, 3.05) is 19.6 Å². The Hall–Kier alpha value is -1.79. The van der Waals surface area contributed by atoms with Gasteiger partial charge in [0.15, 0.2) is 0 Å². The minimum atomic E-state index is 0.626. The number of aromatic nitrogens is 1. The number of nitrogens with one attached hydrogen (secondary N) is 3. The van der Waals surface area contributed by atoms with Gasteiger partial charge in [-0.2, -0.15) is 0 Å². The molecule has 0 bridgehead atoms. The highest BCUT2D eigenvalue weighted by molar-refractivity contribution is 5.87. The van der Waals surface area contributed by atoms with E-state index in [1.807, 2.05) is 17.5 Å². The van der Waals surface area contributed by atoms with E-state index >= 15 is 0 Å². The van der Waals surface area contributed by atoms with Gasteiger partial charge in [0.2, 0.25) is 0 Å². The molecular formula is C18H26N6. The SMILES string of the molecule is C1=Nc2[nH]ccc2C2=C(C3CCC(CN4CCCC4)CC3)NNN12. The third kappa shape index (κ3) is 2.45. The molecule has 3 N–H and O–H groups in total. The number of fused-ring (bicyclic) bond motifs is 3. The highest BCUT2D eigenvalue weighted by Gasteiger charge is 2.34. The third-order valence-electron chi connectivity index (χ3n) is 6.06. The lowest BCUT2D eigenvalue weighted by Gasteiger charge is -2.32. The summed E-state index contributed by atoms with van der Waals surface area (Å²) in [6.07, 6.45) is 11.9. The van der Waals surface area contributed by atoms with Crippen molar-refractivity contribution in [1.82, 2.24) is 25.9 Å². The summed E-state index contributed by atoms with van der Waals surface area (Å²) in [7, 11) is 0. The normalized spacial score (nSPS) is 29.8. The maximum Gasteiger partial charge on any atom is 0.141 e. The van der Waals surface area contributed by atoms with Crippen molar-refractivity contribution < 1.29 is 0 Å². The molecule has 128 valence electrons. The molecule has 1 aromatic heterocycles. The number of H-pyrrole nitrogens is 1. The van der Waals surface area contributed by atoms with Crippen molar-refractivity contribution >= 4 is 17.9 Å². The van der Waals surface area contributed by atoms with Gasteiger partial charge in [0.05, 0.1) is 11.4 Å². The van der Waals surface area contributed by atoms with Crippen LogP contribution in [0.5, 0.6) is 0 Å². The Morgan fingerprint density at radius 3 is 2.79 bits per heavy atom. The molecule has 1 saturated carbocycles. The van der Waals surface area contributed by atoms with Gasteiger partial charge in [-0.25, -0.2) is 10.0 Å². The molecule has 0 radical (unpaired) electrons. The van der Waals surface area contributed by atoms with Crippen LogP contribution >= 0.6 is 0 Å². The van der Waals surface area contributed by atoms with E-state index in [1.54, 1.807) is 0 Å². The van der Waals surface area contributed by atoms with Gasteiger partial charge < -0.3 is 15.3 Å².